The molecule has 0 saturated heterocycles. The minimum atomic E-state index is -0.983. The number of benzene rings is 1. The summed E-state index contributed by atoms with van der Waals surface area (Å²) in [5.74, 6) is -1.71. The molecule has 0 atom stereocenters. The maximum absolute atomic E-state index is 13.2. The predicted octanol–water partition coefficient (Wildman–Crippen LogP) is 1.52. The van der Waals surface area contributed by atoms with Crippen molar-refractivity contribution >= 4 is 0 Å². The van der Waals surface area contributed by atoms with Crippen LogP contribution in [-0.4, -0.2) is 16.5 Å². The van der Waals surface area contributed by atoms with Crippen LogP contribution in [0.1, 0.15) is 11.3 Å². The minimum Gasteiger partial charge on any atom is -0.330 e. The minimum absolute atomic E-state index is 0.210. The van der Waals surface area contributed by atoms with Crippen molar-refractivity contribution < 1.29 is 8.78 Å². The van der Waals surface area contributed by atoms with E-state index in [2.05, 4.69) is 9.97 Å². The van der Waals surface area contributed by atoms with Crippen molar-refractivity contribution in [1.29, 1.82) is 0 Å². The van der Waals surface area contributed by atoms with Gasteiger partial charge in [0.1, 0.15) is 5.82 Å². The van der Waals surface area contributed by atoms with Gasteiger partial charge in [0.05, 0.1) is 0 Å². The van der Waals surface area contributed by atoms with Gasteiger partial charge in [0.15, 0.2) is 11.6 Å². The fraction of sp³-hybridized carbons (Fsp3) is 0.231. The highest BCUT2D eigenvalue weighted by molar-refractivity contribution is 5.55. The SMILES string of the molecule is Cc1nc(-c2ccc(F)c(F)c2)[nH]c(=O)c1CCN. The Bertz CT molecular complexity index is 667. The molecule has 0 aliphatic rings. The van der Waals surface area contributed by atoms with Gasteiger partial charge in [-0.2, -0.15) is 0 Å². The van der Waals surface area contributed by atoms with E-state index in [1.807, 2.05) is 0 Å². The largest absolute Gasteiger partial charge is 0.330 e. The molecule has 4 nitrogen and oxygen atoms in total. The number of hydrogen-bond donors (Lipinski definition) is 2. The first-order valence-electron chi connectivity index (χ1n) is 5.78. The summed E-state index contributed by atoms with van der Waals surface area (Å²) in [5.41, 5.74) is 6.47. The monoisotopic (exact) mass is 265 g/mol. The van der Waals surface area contributed by atoms with Crippen LogP contribution in [0, 0.1) is 18.6 Å². The summed E-state index contributed by atoms with van der Waals surface area (Å²) in [6, 6.07) is 3.35. The van der Waals surface area contributed by atoms with Gasteiger partial charge < -0.3 is 10.7 Å². The molecule has 2 rings (SSSR count). The van der Waals surface area contributed by atoms with Gasteiger partial charge >= 0.3 is 0 Å². The summed E-state index contributed by atoms with van der Waals surface area (Å²) in [6.45, 7) is 2.03. The second-order valence-corrected chi connectivity index (χ2v) is 4.15. The molecule has 0 radical (unpaired) electrons. The molecule has 1 aromatic carbocycles. The third kappa shape index (κ3) is 2.68. The molecule has 3 N–H and O–H groups in total. The summed E-state index contributed by atoms with van der Waals surface area (Å²) in [6.07, 6.45) is 0.423. The number of nitrogens with one attached hydrogen (secondary N) is 1. The number of nitrogens with two attached hydrogens (primary N) is 1. The lowest BCUT2D eigenvalue weighted by Crippen LogP contribution is -2.20. The van der Waals surface area contributed by atoms with E-state index in [4.69, 9.17) is 5.73 Å². The highest BCUT2D eigenvalue weighted by Crippen LogP contribution is 2.17. The Labute approximate surface area is 108 Å². The van der Waals surface area contributed by atoms with Crippen LogP contribution in [0.15, 0.2) is 23.0 Å². The van der Waals surface area contributed by atoms with Gasteiger partial charge in [-0.15, -0.1) is 0 Å². The zero-order valence-corrected chi connectivity index (χ0v) is 10.3. The molecule has 0 amide bonds. The summed E-state index contributed by atoms with van der Waals surface area (Å²) in [4.78, 5) is 18.6. The third-order valence-electron chi connectivity index (χ3n) is 2.81. The van der Waals surface area contributed by atoms with Gasteiger partial charge in [-0.05, 0) is 38.1 Å². The van der Waals surface area contributed by atoms with Gasteiger partial charge in [0.2, 0.25) is 0 Å². The summed E-state index contributed by atoms with van der Waals surface area (Å²) in [5, 5.41) is 0. The molecule has 0 aliphatic heterocycles. The van der Waals surface area contributed by atoms with Crippen molar-refractivity contribution in [3.05, 3.63) is 51.4 Å². The molecular formula is C13H13F2N3O. The van der Waals surface area contributed by atoms with Gasteiger partial charge in [0.25, 0.3) is 5.56 Å². The lowest BCUT2D eigenvalue weighted by atomic mass is 10.1. The van der Waals surface area contributed by atoms with E-state index >= 15 is 0 Å². The standard InChI is InChI=1S/C13H13F2N3O/c1-7-9(4-5-16)13(19)18-12(17-7)8-2-3-10(14)11(15)6-8/h2-3,6H,4-5,16H2,1H3,(H,17,18,19). The van der Waals surface area contributed by atoms with Gasteiger partial charge in [-0.1, -0.05) is 0 Å². The summed E-state index contributed by atoms with van der Waals surface area (Å²) >= 11 is 0. The van der Waals surface area contributed by atoms with Crippen LogP contribution in [0.3, 0.4) is 0 Å². The Morgan fingerprint density at radius 1 is 1.32 bits per heavy atom. The van der Waals surface area contributed by atoms with Gasteiger partial charge in [-0.3, -0.25) is 4.79 Å². The molecule has 0 aliphatic carbocycles. The van der Waals surface area contributed by atoms with Crippen LogP contribution in [0.25, 0.3) is 11.4 Å². The summed E-state index contributed by atoms with van der Waals surface area (Å²) in [7, 11) is 0. The molecule has 19 heavy (non-hydrogen) atoms. The first kappa shape index (κ1) is 13.4. The zero-order valence-electron chi connectivity index (χ0n) is 10.3. The highest BCUT2D eigenvalue weighted by atomic mass is 19.2. The first-order valence-corrected chi connectivity index (χ1v) is 5.78. The van der Waals surface area contributed by atoms with Crippen LogP contribution >= 0.6 is 0 Å². The van der Waals surface area contributed by atoms with Crippen molar-refractivity contribution in [2.24, 2.45) is 5.73 Å². The molecule has 0 bridgehead atoms. The third-order valence-corrected chi connectivity index (χ3v) is 2.81. The number of aryl methyl sites for hydroxylation is 1. The number of halogens is 2. The Morgan fingerprint density at radius 2 is 2.05 bits per heavy atom. The molecule has 0 unspecified atom stereocenters. The van der Waals surface area contributed by atoms with Crippen molar-refractivity contribution in [1.82, 2.24) is 9.97 Å². The molecule has 100 valence electrons. The molecule has 1 aromatic heterocycles. The van der Waals surface area contributed by atoms with Crippen LogP contribution in [0.5, 0.6) is 0 Å². The van der Waals surface area contributed by atoms with Crippen LogP contribution in [-0.2, 0) is 6.42 Å². The number of rotatable bonds is 3. The molecule has 0 fully saturated rings. The van der Waals surface area contributed by atoms with E-state index in [-0.39, 0.29) is 11.4 Å². The van der Waals surface area contributed by atoms with Crippen molar-refractivity contribution in [2.75, 3.05) is 6.54 Å². The quantitative estimate of drug-likeness (QED) is 0.884. The van der Waals surface area contributed by atoms with Crippen molar-refractivity contribution in [3.8, 4) is 11.4 Å². The normalized spacial score (nSPS) is 10.7. The maximum atomic E-state index is 13.2. The number of hydrogen-bond acceptors (Lipinski definition) is 3. The molecule has 1 heterocycles. The predicted molar refractivity (Wildman–Crippen MR) is 67.7 cm³/mol. The topological polar surface area (TPSA) is 71.8 Å². The van der Waals surface area contributed by atoms with E-state index < -0.39 is 11.6 Å². The Balaban J connectivity index is 2.52. The zero-order chi connectivity index (χ0) is 14.0. The van der Waals surface area contributed by atoms with E-state index in [9.17, 15) is 13.6 Å². The summed E-state index contributed by atoms with van der Waals surface area (Å²) < 4.78 is 26.0. The van der Waals surface area contributed by atoms with E-state index in [1.165, 1.54) is 6.07 Å². The number of aromatic amines is 1. The Morgan fingerprint density at radius 3 is 2.63 bits per heavy atom. The fourth-order valence-corrected chi connectivity index (χ4v) is 1.83. The van der Waals surface area contributed by atoms with Crippen LogP contribution in [0.4, 0.5) is 8.78 Å². The van der Waals surface area contributed by atoms with Gasteiger partial charge in [0, 0.05) is 16.8 Å². The van der Waals surface area contributed by atoms with E-state index in [0.717, 1.165) is 12.1 Å². The van der Waals surface area contributed by atoms with Crippen LogP contribution < -0.4 is 11.3 Å². The van der Waals surface area contributed by atoms with E-state index in [1.54, 1.807) is 6.92 Å². The average molecular weight is 265 g/mol. The van der Waals surface area contributed by atoms with E-state index in [0.29, 0.717) is 29.8 Å². The second-order valence-electron chi connectivity index (χ2n) is 4.15. The molecular weight excluding hydrogens is 252 g/mol. The van der Waals surface area contributed by atoms with Crippen LogP contribution in [0.2, 0.25) is 0 Å². The molecule has 0 saturated carbocycles. The van der Waals surface area contributed by atoms with Gasteiger partial charge in [-0.25, -0.2) is 13.8 Å². The Kier molecular flexibility index (Phi) is 3.71. The maximum Gasteiger partial charge on any atom is 0.254 e. The highest BCUT2D eigenvalue weighted by Gasteiger charge is 2.10. The molecule has 6 heteroatoms. The number of H-pyrrole nitrogens is 1. The van der Waals surface area contributed by atoms with Crippen molar-refractivity contribution in [3.63, 3.8) is 0 Å². The number of nitrogens with zero attached hydrogens (tertiary/aromatic N) is 1. The smallest absolute Gasteiger partial charge is 0.254 e. The molecule has 2 aromatic rings. The van der Waals surface area contributed by atoms with Crippen molar-refractivity contribution in [2.45, 2.75) is 13.3 Å². The lowest BCUT2D eigenvalue weighted by Gasteiger charge is -2.06. The number of aromatic nitrogens is 2. The fourth-order valence-electron chi connectivity index (χ4n) is 1.83. The Hall–Kier alpha value is -2.08. The first-order chi connectivity index (χ1) is 9.02. The lowest BCUT2D eigenvalue weighted by molar-refractivity contribution is 0.509. The molecule has 0 spiro atoms. The second kappa shape index (κ2) is 5.27. The average Bonchev–Trinajstić information content (AvgIpc) is 2.37.